The monoisotopic (exact) mass is 366 g/mol. The number of hydrogen-bond donors (Lipinski definition) is 1. The molecule has 1 atom stereocenters. The second-order valence-corrected chi connectivity index (χ2v) is 6.83. The fourth-order valence-electron chi connectivity index (χ4n) is 3.45. The van der Waals surface area contributed by atoms with Crippen LogP contribution in [0.15, 0.2) is 54.6 Å². The number of benzene rings is 2. The maximum Gasteiger partial charge on any atom is 0.225 e. The van der Waals surface area contributed by atoms with Crippen LogP contribution in [0.3, 0.4) is 0 Å². The van der Waals surface area contributed by atoms with Crippen LogP contribution in [0.1, 0.15) is 17.5 Å². The molecule has 1 heterocycles. The molecule has 1 unspecified atom stereocenters. The van der Waals surface area contributed by atoms with Gasteiger partial charge in [-0.15, -0.1) is 0 Å². The van der Waals surface area contributed by atoms with E-state index >= 15 is 0 Å². The molecule has 27 heavy (non-hydrogen) atoms. The molecule has 142 valence electrons. The molecule has 1 aliphatic heterocycles. The van der Waals surface area contributed by atoms with Crippen LogP contribution >= 0.6 is 0 Å². The molecule has 1 saturated heterocycles. The summed E-state index contributed by atoms with van der Waals surface area (Å²) in [6.45, 7) is 1.70. The Bertz CT molecular complexity index is 776. The first-order valence-electron chi connectivity index (χ1n) is 9.38. The summed E-state index contributed by atoms with van der Waals surface area (Å²) in [5.41, 5.74) is 2.27. The standard InChI is InChI=1S/C22H26N2O3/c1-27-20-10-6-5-9-18(20)11-13-23-22(26)19-15-21(25)24(16-19)14-12-17-7-3-2-4-8-17/h2-10,19H,11-16H2,1H3,(H,23,26). The van der Waals surface area contributed by atoms with E-state index in [9.17, 15) is 9.59 Å². The third kappa shape index (κ3) is 5.09. The summed E-state index contributed by atoms with van der Waals surface area (Å²) in [5.74, 6) is 0.595. The number of ether oxygens (including phenoxy) is 1. The topological polar surface area (TPSA) is 58.6 Å². The molecule has 0 radical (unpaired) electrons. The largest absolute Gasteiger partial charge is 0.496 e. The molecule has 2 aromatic rings. The smallest absolute Gasteiger partial charge is 0.225 e. The van der Waals surface area contributed by atoms with Crippen molar-refractivity contribution in [3.8, 4) is 5.75 Å². The lowest BCUT2D eigenvalue weighted by molar-refractivity contribution is -0.129. The normalized spacial score (nSPS) is 16.4. The SMILES string of the molecule is COc1ccccc1CCNC(=O)C1CC(=O)N(CCc2ccccc2)C1. The first-order valence-corrected chi connectivity index (χ1v) is 9.38. The highest BCUT2D eigenvalue weighted by Crippen LogP contribution is 2.19. The van der Waals surface area contributed by atoms with Gasteiger partial charge in [0.2, 0.25) is 11.8 Å². The maximum atomic E-state index is 12.4. The van der Waals surface area contributed by atoms with E-state index in [1.54, 1.807) is 12.0 Å². The van der Waals surface area contributed by atoms with Gasteiger partial charge in [0, 0.05) is 26.1 Å². The molecule has 5 heteroatoms. The third-order valence-electron chi connectivity index (χ3n) is 4.98. The number of likely N-dealkylation sites (tertiary alicyclic amines) is 1. The summed E-state index contributed by atoms with van der Waals surface area (Å²) in [4.78, 5) is 26.5. The third-order valence-corrected chi connectivity index (χ3v) is 4.98. The van der Waals surface area contributed by atoms with Crippen molar-refractivity contribution in [3.63, 3.8) is 0 Å². The van der Waals surface area contributed by atoms with Gasteiger partial charge < -0.3 is 15.0 Å². The minimum absolute atomic E-state index is 0.0412. The Morgan fingerprint density at radius 1 is 1.11 bits per heavy atom. The zero-order valence-corrected chi connectivity index (χ0v) is 15.7. The van der Waals surface area contributed by atoms with Crippen LogP contribution < -0.4 is 10.1 Å². The number of methoxy groups -OCH3 is 1. The molecule has 0 spiro atoms. The molecule has 0 saturated carbocycles. The Hall–Kier alpha value is -2.82. The van der Waals surface area contributed by atoms with Crippen LogP contribution in [0.25, 0.3) is 0 Å². The minimum atomic E-state index is -0.258. The van der Waals surface area contributed by atoms with Crippen molar-refractivity contribution in [2.24, 2.45) is 5.92 Å². The molecule has 1 aliphatic rings. The number of nitrogens with zero attached hydrogens (tertiary/aromatic N) is 1. The lowest BCUT2D eigenvalue weighted by Gasteiger charge is -2.16. The van der Waals surface area contributed by atoms with Gasteiger partial charge in [-0.1, -0.05) is 48.5 Å². The molecule has 3 rings (SSSR count). The van der Waals surface area contributed by atoms with Gasteiger partial charge in [0.15, 0.2) is 0 Å². The average molecular weight is 366 g/mol. The predicted octanol–water partition coefficient (Wildman–Crippen LogP) is 2.45. The molecule has 1 N–H and O–H groups in total. The fourth-order valence-corrected chi connectivity index (χ4v) is 3.45. The number of rotatable bonds is 8. The fraction of sp³-hybridized carbons (Fsp3) is 0.364. The zero-order chi connectivity index (χ0) is 19.1. The Balaban J connectivity index is 1.44. The quantitative estimate of drug-likeness (QED) is 0.781. The Labute approximate surface area is 160 Å². The van der Waals surface area contributed by atoms with Crippen LogP contribution in [0.2, 0.25) is 0 Å². The summed E-state index contributed by atoms with van der Waals surface area (Å²) in [6.07, 6.45) is 1.82. The second kappa shape index (κ2) is 9.21. The Morgan fingerprint density at radius 3 is 2.63 bits per heavy atom. The molecule has 0 aliphatic carbocycles. The van der Waals surface area contributed by atoms with Gasteiger partial charge in [0.05, 0.1) is 13.0 Å². The van der Waals surface area contributed by atoms with Crippen molar-refractivity contribution >= 4 is 11.8 Å². The molecule has 5 nitrogen and oxygen atoms in total. The van der Waals surface area contributed by atoms with E-state index in [0.29, 0.717) is 32.5 Å². The Kier molecular flexibility index (Phi) is 6.47. The second-order valence-electron chi connectivity index (χ2n) is 6.83. The maximum absolute atomic E-state index is 12.4. The van der Waals surface area contributed by atoms with Crippen molar-refractivity contribution in [1.29, 1.82) is 0 Å². The van der Waals surface area contributed by atoms with Gasteiger partial charge in [-0.05, 0) is 30.0 Å². The van der Waals surface area contributed by atoms with Crippen molar-refractivity contribution in [2.75, 3.05) is 26.7 Å². The molecule has 2 aromatic carbocycles. The van der Waals surface area contributed by atoms with Crippen molar-refractivity contribution in [3.05, 3.63) is 65.7 Å². The number of hydrogen-bond acceptors (Lipinski definition) is 3. The van der Waals surface area contributed by atoms with Crippen LogP contribution in [0, 0.1) is 5.92 Å². The van der Waals surface area contributed by atoms with Crippen LogP contribution in [0.4, 0.5) is 0 Å². The summed E-state index contributed by atoms with van der Waals surface area (Å²) in [7, 11) is 1.64. The van der Waals surface area contributed by atoms with E-state index in [-0.39, 0.29) is 17.7 Å². The van der Waals surface area contributed by atoms with Gasteiger partial charge in [-0.3, -0.25) is 9.59 Å². The van der Waals surface area contributed by atoms with Gasteiger partial charge >= 0.3 is 0 Å². The average Bonchev–Trinajstić information content (AvgIpc) is 3.08. The summed E-state index contributed by atoms with van der Waals surface area (Å²) in [5, 5.41) is 2.97. The van der Waals surface area contributed by atoms with Crippen molar-refractivity contribution in [2.45, 2.75) is 19.3 Å². The zero-order valence-electron chi connectivity index (χ0n) is 15.7. The van der Waals surface area contributed by atoms with E-state index in [0.717, 1.165) is 17.7 Å². The molecule has 0 bridgehead atoms. The highest BCUT2D eigenvalue weighted by Gasteiger charge is 2.33. The van der Waals surface area contributed by atoms with Gasteiger partial charge in [0.25, 0.3) is 0 Å². The number of carbonyl (C=O) groups excluding carboxylic acids is 2. The number of para-hydroxylation sites is 1. The van der Waals surface area contributed by atoms with Crippen LogP contribution in [-0.4, -0.2) is 43.5 Å². The highest BCUT2D eigenvalue weighted by atomic mass is 16.5. The molecule has 0 aromatic heterocycles. The number of nitrogens with one attached hydrogen (secondary N) is 1. The first kappa shape index (κ1) is 19.0. The lowest BCUT2D eigenvalue weighted by atomic mass is 10.1. The van der Waals surface area contributed by atoms with Gasteiger partial charge in [0.1, 0.15) is 5.75 Å². The molecular formula is C22H26N2O3. The summed E-state index contributed by atoms with van der Waals surface area (Å²) in [6, 6.07) is 17.9. The van der Waals surface area contributed by atoms with E-state index in [1.165, 1.54) is 5.56 Å². The molecule has 2 amide bonds. The number of carbonyl (C=O) groups is 2. The van der Waals surface area contributed by atoms with Crippen LogP contribution in [0.5, 0.6) is 5.75 Å². The molecular weight excluding hydrogens is 340 g/mol. The minimum Gasteiger partial charge on any atom is -0.496 e. The lowest BCUT2D eigenvalue weighted by Crippen LogP contribution is -2.34. The van der Waals surface area contributed by atoms with Crippen molar-refractivity contribution < 1.29 is 14.3 Å². The Morgan fingerprint density at radius 2 is 1.85 bits per heavy atom. The van der Waals surface area contributed by atoms with E-state index in [4.69, 9.17) is 4.74 Å². The van der Waals surface area contributed by atoms with E-state index in [2.05, 4.69) is 17.4 Å². The van der Waals surface area contributed by atoms with E-state index < -0.39 is 0 Å². The van der Waals surface area contributed by atoms with Gasteiger partial charge in [-0.25, -0.2) is 0 Å². The molecule has 1 fully saturated rings. The van der Waals surface area contributed by atoms with Crippen LogP contribution in [-0.2, 0) is 22.4 Å². The number of amides is 2. The van der Waals surface area contributed by atoms with E-state index in [1.807, 2.05) is 42.5 Å². The van der Waals surface area contributed by atoms with Gasteiger partial charge in [-0.2, -0.15) is 0 Å². The highest BCUT2D eigenvalue weighted by molar-refractivity contribution is 5.89. The summed E-state index contributed by atoms with van der Waals surface area (Å²) < 4.78 is 5.33. The first-order chi connectivity index (χ1) is 13.2. The summed E-state index contributed by atoms with van der Waals surface area (Å²) >= 11 is 0. The predicted molar refractivity (Wildman–Crippen MR) is 105 cm³/mol. The van der Waals surface area contributed by atoms with Crippen molar-refractivity contribution in [1.82, 2.24) is 10.2 Å².